The van der Waals surface area contributed by atoms with Crippen LogP contribution in [0.5, 0.6) is 0 Å². The molecule has 0 saturated carbocycles. The van der Waals surface area contributed by atoms with E-state index < -0.39 is 5.41 Å². The lowest BCUT2D eigenvalue weighted by atomic mass is 9.67. The highest BCUT2D eigenvalue weighted by Crippen LogP contribution is 2.57. The van der Waals surface area contributed by atoms with E-state index in [0.717, 1.165) is 70.4 Å². The van der Waals surface area contributed by atoms with Gasteiger partial charge < -0.3 is 0 Å². The lowest BCUT2D eigenvalue weighted by Gasteiger charge is -2.34. The molecule has 1 heterocycles. The molecule has 13 aromatic rings. The number of benzene rings is 12. The van der Waals surface area contributed by atoms with Gasteiger partial charge in [0.05, 0.1) is 16.8 Å². The Morgan fingerprint density at radius 2 is 0.628 bits per heavy atom. The van der Waals surface area contributed by atoms with Crippen LogP contribution in [-0.4, -0.2) is 9.97 Å². The Labute approximate surface area is 528 Å². The van der Waals surface area contributed by atoms with Gasteiger partial charge >= 0.3 is 0 Å². The van der Waals surface area contributed by atoms with Gasteiger partial charge in [-0.1, -0.05) is 299 Å². The maximum absolute atomic E-state index is 6.33. The average Bonchev–Trinajstić information content (AvgIpc) is 1.56. The summed E-state index contributed by atoms with van der Waals surface area (Å²) in [6.45, 7) is 4.74. The Hall–Kier alpha value is -8.74. The highest BCUT2D eigenvalue weighted by atomic mass is 79.9. The Morgan fingerprint density at radius 3 is 1.07 bits per heavy atom. The number of nitrogens with zero attached hydrogens (tertiary/aromatic N) is 2. The molecule has 0 fully saturated rings. The molecule has 6 heteroatoms. The molecule has 0 spiro atoms. The van der Waals surface area contributed by atoms with Crippen molar-refractivity contribution in [3.05, 3.63) is 332 Å². The normalized spacial score (nSPS) is 13.2. The first-order valence-electron chi connectivity index (χ1n) is 28.8. The molecule has 12 aromatic carbocycles. The van der Waals surface area contributed by atoms with Gasteiger partial charge in [-0.25, -0.2) is 9.97 Å². The largest absolute Gasteiger partial charge is 0.236 e. The molecule has 2 aliphatic rings. The Bertz CT molecular complexity index is 4640. The van der Waals surface area contributed by atoms with E-state index >= 15 is 0 Å². The summed E-state index contributed by atoms with van der Waals surface area (Å²) in [4.78, 5) is 10.0. The van der Waals surface area contributed by atoms with E-state index in [9.17, 15) is 0 Å². The first-order valence-corrected chi connectivity index (χ1v) is 31.2. The van der Waals surface area contributed by atoms with E-state index in [4.69, 9.17) is 33.2 Å². The fraction of sp³-hybridized carbons (Fsp3) is 0.0500. The molecule has 0 radical (unpaired) electrons. The van der Waals surface area contributed by atoms with Crippen LogP contribution in [0.15, 0.2) is 288 Å². The van der Waals surface area contributed by atoms with Crippen LogP contribution in [0.1, 0.15) is 47.2 Å². The van der Waals surface area contributed by atoms with Gasteiger partial charge in [0.25, 0.3) is 0 Å². The molecule has 2 aliphatic carbocycles. The van der Waals surface area contributed by atoms with E-state index in [1.807, 2.05) is 36.4 Å². The van der Waals surface area contributed by atoms with Crippen molar-refractivity contribution in [2.75, 3.05) is 0 Å². The zero-order valence-corrected chi connectivity index (χ0v) is 51.6. The Balaban J connectivity index is 0.734. The summed E-state index contributed by atoms with van der Waals surface area (Å²) < 4.78 is 1.88. The molecular formula is C80H52Br2Cl2N2. The number of rotatable bonds is 10. The van der Waals surface area contributed by atoms with Crippen molar-refractivity contribution >= 4 is 55.1 Å². The molecule has 0 aliphatic heterocycles. The van der Waals surface area contributed by atoms with Gasteiger partial charge in [0, 0.05) is 41.1 Å². The molecule has 0 N–H and O–H groups in total. The van der Waals surface area contributed by atoms with Crippen molar-refractivity contribution in [3.8, 4) is 112 Å². The molecule has 410 valence electrons. The summed E-state index contributed by atoms with van der Waals surface area (Å²) in [5.74, 6) is 0. The van der Waals surface area contributed by atoms with E-state index in [0.29, 0.717) is 10.0 Å². The highest BCUT2D eigenvalue weighted by Gasteiger charge is 2.46. The maximum atomic E-state index is 6.33. The molecule has 0 unspecified atom stereocenters. The standard InChI is InChI=1S/C80H52Br2Cl2N2/c1-79(2)71-43-57(49-17-19-50(20-18-49)59-35-40-69-66-15-9-10-16-70(66)80(73(69)45-59,60-11-5-3-6-12-60)61-13-7-4-8-14-61)33-38-67(71)68-39-34-58(44-72(68)79)51-21-27-54(28-22-51)76-77(55-29-23-52(24-30-55)64-41-36-62(83)46-74(64)81)85-48-86-78(76)56-31-25-53(26-32-56)65-42-37-63(84)47-75(65)82/h3-48H,1-2H3. The first-order chi connectivity index (χ1) is 42.0. The zero-order valence-electron chi connectivity index (χ0n) is 47.0. The molecule has 2 nitrogen and oxygen atoms in total. The predicted octanol–water partition coefficient (Wildman–Crippen LogP) is 23.3. The monoisotopic (exact) mass is 1270 g/mol. The quantitative estimate of drug-likeness (QED) is 0.136. The van der Waals surface area contributed by atoms with Crippen molar-refractivity contribution in [2.24, 2.45) is 0 Å². The van der Waals surface area contributed by atoms with Crippen molar-refractivity contribution in [3.63, 3.8) is 0 Å². The third-order valence-electron chi connectivity index (χ3n) is 17.8. The topological polar surface area (TPSA) is 25.8 Å². The summed E-state index contributed by atoms with van der Waals surface area (Å²) >= 11 is 20.1. The van der Waals surface area contributed by atoms with Crippen LogP contribution in [0.25, 0.3) is 112 Å². The summed E-state index contributed by atoms with van der Waals surface area (Å²) in [6, 6.07) is 99.1. The Morgan fingerprint density at radius 1 is 0.291 bits per heavy atom. The van der Waals surface area contributed by atoms with Crippen LogP contribution < -0.4 is 0 Å². The van der Waals surface area contributed by atoms with Crippen LogP contribution in [0.2, 0.25) is 10.0 Å². The zero-order chi connectivity index (χ0) is 58.3. The van der Waals surface area contributed by atoms with E-state index in [2.05, 4.69) is 282 Å². The van der Waals surface area contributed by atoms with Crippen LogP contribution in [0, 0.1) is 0 Å². The van der Waals surface area contributed by atoms with Crippen molar-refractivity contribution in [1.82, 2.24) is 9.97 Å². The second-order valence-electron chi connectivity index (χ2n) is 22.9. The van der Waals surface area contributed by atoms with Gasteiger partial charge in [0.1, 0.15) is 6.33 Å². The van der Waals surface area contributed by atoms with Crippen LogP contribution >= 0.6 is 55.1 Å². The molecule has 86 heavy (non-hydrogen) atoms. The second-order valence-corrected chi connectivity index (χ2v) is 25.5. The fourth-order valence-corrected chi connectivity index (χ4v) is 15.4. The second kappa shape index (κ2) is 21.6. The lowest BCUT2D eigenvalue weighted by molar-refractivity contribution is 0.661. The van der Waals surface area contributed by atoms with Crippen LogP contribution in [-0.2, 0) is 10.8 Å². The number of fused-ring (bicyclic) bond motifs is 6. The maximum Gasteiger partial charge on any atom is 0.116 e. The van der Waals surface area contributed by atoms with Gasteiger partial charge in [-0.3, -0.25) is 0 Å². The summed E-state index contributed by atoms with van der Waals surface area (Å²) in [7, 11) is 0. The van der Waals surface area contributed by atoms with Gasteiger partial charge in [-0.2, -0.15) is 0 Å². The van der Waals surface area contributed by atoms with Gasteiger partial charge in [0.2, 0.25) is 0 Å². The number of halogens is 4. The minimum atomic E-state index is -0.446. The molecule has 0 saturated heterocycles. The van der Waals surface area contributed by atoms with E-state index in [1.54, 1.807) is 6.33 Å². The highest BCUT2D eigenvalue weighted by molar-refractivity contribution is 9.11. The minimum Gasteiger partial charge on any atom is -0.236 e. The first kappa shape index (κ1) is 53.9. The van der Waals surface area contributed by atoms with Gasteiger partial charge in [0.15, 0.2) is 0 Å². The average molecular weight is 1270 g/mol. The van der Waals surface area contributed by atoms with Crippen LogP contribution in [0.4, 0.5) is 0 Å². The van der Waals surface area contributed by atoms with E-state index in [1.165, 1.54) is 83.5 Å². The van der Waals surface area contributed by atoms with Crippen LogP contribution in [0.3, 0.4) is 0 Å². The third-order valence-corrected chi connectivity index (χ3v) is 19.6. The molecule has 0 amide bonds. The van der Waals surface area contributed by atoms with E-state index in [-0.39, 0.29) is 5.41 Å². The molecule has 1 aromatic heterocycles. The SMILES string of the molecule is CC1(C)c2cc(-c3ccc(-c4ccc5c(c4)C(c4ccccc4)(c4ccccc4)c4ccccc4-5)cc3)ccc2-c2ccc(-c3ccc(-c4c(-c5ccc(-c6ccc(Cl)cc6Br)cc5)ncnc4-c4ccc(-c5ccc(Cl)cc5Br)cc4)cc3)cc21. The minimum absolute atomic E-state index is 0.230. The van der Waals surface area contributed by atoms with Crippen molar-refractivity contribution < 1.29 is 0 Å². The van der Waals surface area contributed by atoms with Gasteiger partial charge in [-0.15, -0.1) is 0 Å². The number of hydrogen-bond donors (Lipinski definition) is 0. The summed E-state index contributed by atoms with van der Waals surface area (Å²) in [5.41, 5.74) is 29.3. The molecular weight excluding hydrogens is 1220 g/mol. The summed E-state index contributed by atoms with van der Waals surface area (Å²) in [5, 5.41) is 1.37. The number of hydrogen-bond acceptors (Lipinski definition) is 2. The third kappa shape index (κ3) is 9.13. The molecule has 0 atom stereocenters. The van der Waals surface area contributed by atoms with Crippen molar-refractivity contribution in [2.45, 2.75) is 24.7 Å². The van der Waals surface area contributed by atoms with Gasteiger partial charge in [-0.05, 0) is 159 Å². The lowest BCUT2D eigenvalue weighted by Crippen LogP contribution is -2.28. The summed E-state index contributed by atoms with van der Waals surface area (Å²) in [6.07, 6.45) is 1.68. The number of aromatic nitrogens is 2. The molecule has 0 bridgehead atoms. The molecule has 15 rings (SSSR count). The predicted molar refractivity (Wildman–Crippen MR) is 366 cm³/mol. The Kier molecular flexibility index (Phi) is 13.6. The van der Waals surface area contributed by atoms with Crippen molar-refractivity contribution in [1.29, 1.82) is 0 Å². The smallest absolute Gasteiger partial charge is 0.116 e. The fourth-order valence-electron chi connectivity index (χ4n) is 13.6.